The fraction of sp³-hybridized carbons (Fsp3) is 0.417. The van der Waals surface area contributed by atoms with Gasteiger partial charge in [0.15, 0.2) is 0 Å². The molecule has 1 aliphatic carbocycles. The number of rotatable bonds is 2. The van der Waals surface area contributed by atoms with Crippen molar-refractivity contribution >= 4 is 21.7 Å². The van der Waals surface area contributed by atoms with Crippen molar-refractivity contribution in [2.75, 3.05) is 0 Å². The molecule has 0 aliphatic heterocycles. The third-order valence-corrected chi connectivity index (χ3v) is 3.24. The maximum Gasteiger partial charge on any atom is 0.136 e. The molecule has 1 atom stereocenters. The fourth-order valence-corrected chi connectivity index (χ4v) is 2.28. The summed E-state index contributed by atoms with van der Waals surface area (Å²) >= 11 is 3.24. The second-order valence-electron chi connectivity index (χ2n) is 3.95. The molecular formula is C12H12BrFO2. The minimum Gasteiger partial charge on any atom is -0.489 e. The number of carbonyl (C=O) groups is 1. The summed E-state index contributed by atoms with van der Waals surface area (Å²) < 4.78 is 19.1. The summed E-state index contributed by atoms with van der Waals surface area (Å²) in [5.41, 5.74) is 0. The number of hydrogen-bond acceptors (Lipinski definition) is 2. The van der Waals surface area contributed by atoms with E-state index in [1.807, 2.05) is 0 Å². The number of ketones is 1. The highest BCUT2D eigenvalue weighted by molar-refractivity contribution is 9.10. The second-order valence-corrected chi connectivity index (χ2v) is 4.80. The molecule has 1 aromatic rings. The summed E-state index contributed by atoms with van der Waals surface area (Å²) in [7, 11) is 0. The second kappa shape index (κ2) is 4.95. The van der Waals surface area contributed by atoms with Crippen LogP contribution in [0.25, 0.3) is 0 Å². The Labute approximate surface area is 102 Å². The molecule has 0 N–H and O–H groups in total. The summed E-state index contributed by atoms with van der Waals surface area (Å²) in [5.74, 6) is 0.537. The van der Waals surface area contributed by atoms with Crippen molar-refractivity contribution in [1.29, 1.82) is 0 Å². The molecule has 0 amide bonds. The van der Waals surface area contributed by atoms with Gasteiger partial charge in [0.1, 0.15) is 23.5 Å². The lowest BCUT2D eigenvalue weighted by atomic mass is 9.96. The van der Waals surface area contributed by atoms with Gasteiger partial charge in [-0.1, -0.05) is 0 Å². The Hall–Kier alpha value is -0.900. The maximum atomic E-state index is 12.8. The lowest BCUT2D eigenvalue weighted by Crippen LogP contribution is -2.25. The Morgan fingerprint density at radius 3 is 2.94 bits per heavy atom. The predicted molar refractivity (Wildman–Crippen MR) is 62.0 cm³/mol. The average Bonchev–Trinajstić information content (AvgIpc) is 2.22. The van der Waals surface area contributed by atoms with Gasteiger partial charge in [0.05, 0.1) is 4.47 Å². The number of ether oxygens (including phenoxy) is 1. The van der Waals surface area contributed by atoms with Crippen LogP contribution in [0.5, 0.6) is 5.75 Å². The Balaban J connectivity index is 2.05. The normalized spacial score (nSPS) is 20.9. The molecule has 4 heteroatoms. The van der Waals surface area contributed by atoms with Crippen LogP contribution in [0, 0.1) is 5.82 Å². The van der Waals surface area contributed by atoms with Gasteiger partial charge in [-0.2, -0.15) is 0 Å². The Morgan fingerprint density at radius 2 is 2.25 bits per heavy atom. The zero-order valence-corrected chi connectivity index (χ0v) is 10.3. The summed E-state index contributed by atoms with van der Waals surface area (Å²) in [4.78, 5) is 11.3. The first-order valence-corrected chi connectivity index (χ1v) is 6.08. The minimum atomic E-state index is -0.307. The van der Waals surface area contributed by atoms with Crippen LogP contribution in [0.15, 0.2) is 22.7 Å². The standard InChI is InChI=1S/C12H12BrFO2/c13-11-6-8(14)4-5-12(11)16-10-3-1-2-9(15)7-10/h4-6,10H,1-3,7H2. The van der Waals surface area contributed by atoms with Crippen LogP contribution in [-0.2, 0) is 4.79 Å². The van der Waals surface area contributed by atoms with Gasteiger partial charge in [0.2, 0.25) is 0 Å². The number of hydrogen-bond donors (Lipinski definition) is 0. The van der Waals surface area contributed by atoms with E-state index in [2.05, 4.69) is 15.9 Å². The topological polar surface area (TPSA) is 26.3 Å². The third-order valence-electron chi connectivity index (χ3n) is 2.62. The minimum absolute atomic E-state index is 0.0667. The molecule has 2 nitrogen and oxygen atoms in total. The van der Waals surface area contributed by atoms with Crippen LogP contribution in [0.4, 0.5) is 4.39 Å². The molecule has 86 valence electrons. The van der Waals surface area contributed by atoms with Crippen LogP contribution < -0.4 is 4.74 Å². The van der Waals surface area contributed by atoms with Crippen LogP contribution in [0.3, 0.4) is 0 Å². The van der Waals surface area contributed by atoms with Gasteiger partial charge in [0, 0.05) is 12.8 Å². The van der Waals surface area contributed by atoms with Crippen molar-refractivity contribution in [2.45, 2.75) is 31.8 Å². The zero-order chi connectivity index (χ0) is 11.5. The quantitative estimate of drug-likeness (QED) is 0.832. The maximum absolute atomic E-state index is 12.8. The Kier molecular flexibility index (Phi) is 3.59. The van der Waals surface area contributed by atoms with E-state index in [4.69, 9.17) is 4.74 Å². The van der Waals surface area contributed by atoms with Gasteiger partial charge in [-0.05, 0) is 47.0 Å². The molecule has 1 aromatic carbocycles. The van der Waals surface area contributed by atoms with Gasteiger partial charge in [0.25, 0.3) is 0 Å². The molecule has 16 heavy (non-hydrogen) atoms. The van der Waals surface area contributed by atoms with Crippen LogP contribution in [0.2, 0.25) is 0 Å². The highest BCUT2D eigenvalue weighted by Crippen LogP contribution is 2.29. The van der Waals surface area contributed by atoms with Crippen molar-refractivity contribution in [3.8, 4) is 5.75 Å². The predicted octanol–water partition coefficient (Wildman–Crippen LogP) is 3.48. The average molecular weight is 287 g/mol. The molecule has 0 heterocycles. The SMILES string of the molecule is O=C1CCCC(Oc2ccc(F)cc2Br)C1. The lowest BCUT2D eigenvalue weighted by molar-refractivity contribution is -0.122. The summed E-state index contributed by atoms with van der Waals surface area (Å²) in [6, 6.07) is 4.29. The molecule has 0 bridgehead atoms. The van der Waals surface area contributed by atoms with Crippen molar-refractivity contribution in [1.82, 2.24) is 0 Å². The molecule has 0 spiro atoms. The first kappa shape index (κ1) is 11.6. The van der Waals surface area contributed by atoms with Crippen molar-refractivity contribution in [2.24, 2.45) is 0 Å². The van der Waals surface area contributed by atoms with Crippen molar-refractivity contribution in [3.63, 3.8) is 0 Å². The van der Waals surface area contributed by atoms with Gasteiger partial charge in [-0.3, -0.25) is 4.79 Å². The molecule has 2 rings (SSSR count). The molecule has 0 saturated heterocycles. The van der Waals surface area contributed by atoms with Crippen LogP contribution in [0.1, 0.15) is 25.7 Å². The van der Waals surface area contributed by atoms with Crippen LogP contribution >= 0.6 is 15.9 Å². The number of carbonyl (C=O) groups excluding carboxylic acids is 1. The van der Waals surface area contributed by atoms with Gasteiger partial charge >= 0.3 is 0 Å². The van der Waals surface area contributed by atoms with Crippen molar-refractivity contribution in [3.05, 3.63) is 28.5 Å². The molecule has 1 aliphatic rings. The largest absolute Gasteiger partial charge is 0.489 e. The monoisotopic (exact) mass is 286 g/mol. The molecule has 0 radical (unpaired) electrons. The number of benzene rings is 1. The van der Waals surface area contributed by atoms with E-state index < -0.39 is 0 Å². The molecule has 0 aromatic heterocycles. The highest BCUT2D eigenvalue weighted by atomic mass is 79.9. The highest BCUT2D eigenvalue weighted by Gasteiger charge is 2.21. The summed E-state index contributed by atoms with van der Waals surface area (Å²) in [6.07, 6.45) is 2.81. The third kappa shape index (κ3) is 2.82. The summed E-state index contributed by atoms with van der Waals surface area (Å²) in [6.45, 7) is 0. The molecule has 1 saturated carbocycles. The van der Waals surface area contributed by atoms with Gasteiger partial charge < -0.3 is 4.74 Å². The smallest absolute Gasteiger partial charge is 0.136 e. The van der Waals surface area contributed by atoms with Crippen molar-refractivity contribution < 1.29 is 13.9 Å². The van der Waals surface area contributed by atoms with E-state index in [9.17, 15) is 9.18 Å². The van der Waals surface area contributed by atoms with Crippen LogP contribution in [-0.4, -0.2) is 11.9 Å². The number of Topliss-reactive ketones (excluding diaryl/α,β-unsaturated/α-hetero) is 1. The van der Waals surface area contributed by atoms with Gasteiger partial charge in [-0.15, -0.1) is 0 Å². The van der Waals surface area contributed by atoms with E-state index in [0.29, 0.717) is 23.1 Å². The lowest BCUT2D eigenvalue weighted by Gasteiger charge is -2.22. The van der Waals surface area contributed by atoms with E-state index in [1.165, 1.54) is 12.1 Å². The Bertz CT molecular complexity index is 406. The van der Waals surface area contributed by atoms with E-state index in [0.717, 1.165) is 12.8 Å². The van der Waals surface area contributed by atoms with E-state index in [1.54, 1.807) is 6.07 Å². The summed E-state index contributed by atoms with van der Waals surface area (Å²) in [5, 5.41) is 0. The first-order chi connectivity index (χ1) is 7.65. The van der Waals surface area contributed by atoms with E-state index in [-0.39, 0.29) is 17.7 Å². The molecular weight excluding hydrogens is 275 g/mol. The fourth-order valence-electron chi connectivity index (χ4n) is 1.84. The molecule has 1 unspecified atom stereocenters. The van der Waals surface area contributed by atoms with E-state index >= 15 is 0 Å². The number of halogens is 2. The van der Waals surface area contributed by atoms with Gasteiger partial charge in [-0.25, -0.2) is 4.39 Å². The molecule has 1 fully saturated rings. The first-order valence-electron chi connectivity index (χ1n) is 5.28. The zero-order valence-electron chi connectivity index (χ0n) is 8.71. The Morgan fingerprint density at radius 1 is 1.44 bits per heavy atom.